The van der Waals surface area contributed by atoms with E-state index in [1.807, 2.05) is 24.8 Å². The number of hydrogen-bond donors (Lipinski definition) is 0. The molecule has 0 bridgehead atoms. The van der Waals surface area contributed by atoms with Crippen molar-refractivity contribution in [3.05, 3.63) is 0 Å². The van der Waals surface area contributed by atoms with Gasteiger partial charge in [-0.1, -0.05) is 26.7 Å². The third-order valence-corrected chi connectivity index (χ3v) is 4.13. The number of carbonyl (C=O) groups is 2. The largest absolute Gasteiger partial charge is 0.342 e. The van der Waals surface area contributed by atoms with Crippen LogP contribution in [0.3, 0.4) is 0 Å². The van der Waals surface area contributed by atoms with E-state index < -0.39 is 0 Å². The van der Waals surface area contributed by atoms with E-state index in [9.17, 15) is 9.59 Å². The quantitative estimate of drug-likeness (QED) is 0.673. The van der Waals surface area contributed by atoms with Gasteiger partial charge in [-0.05, 0) is 25.2 Å². The molecule has 0 N–H and O–H groups in total. The maximum absolute atomic E-state index is 11.6. The van der Waals surface area contributed by atoms with Crippen LogP contribution in [0.25, 0.3) is 0 Å². The van der Waals surface area contributed by atoms with Crippen LogP contribution in [-0.2, 0) is 9.59 Å². The summed E-state index contributed by atoms with van der Waals surface area (Å²) in [5, 5.41) is 8.52. The first kappa shape index (κ1) is 16.7. The first-order valence-electron chi connectivity index (χ1n) is 7.72. The molecule has 0 unspecified atom stereocenters. The van der Waals surface area contributed by atoms with E-state index in [0.717, 1.165) is 45.2 Å². The summed E-state index contributed by atoms with van der Waals surface area (Å²) in [7, 11) is 0. The van der Waals surface area contributed by atoms with Crippen molar-refractivity contribution in [2.75, 3.05) is 13.1 Å². The number of Topliss-reactive ketones (excluding diaryl/α,β-unsaturated/α-hetero) is 1. The van der Waals surface area contributed by atoms with Gasteiger partial charge in [0, 0.05) is 25.4 Å². The maximum Gasteiger partial charge on any atom is 0.236 e. The number of ketones is 1. The molecule has 112 valence electrons. The van der Waals surface area contributed by atoms with Crippen molar-refractivity contribution in [1.29, 1.82) is 5.26 Å². The van der Waals surface area contributed by atoms with E-state index in [4.69, 9.17) is 5.26 Å². The molecule has 0 saturated carbocycles. The molecule has 0 aromatic rings. The summed E-state index contributed by atoms with van der Waals surface area (Å²) in [6.45, 7) is 5.48. The smallest absolute Gasteiger partial charge is 0.236 e. The van der Waals surface area contributed by atoms with Crippen LogP contribution in [0, 0.1) is 23.2 Å². The Labute approximate surface area is 122 Å². The fraction of sp³-hybridized carbons (Fsp3) is 0.812. The molecule has 1 saturated heterocycles. The number of piperidine rings is 1. The van der Waals surface area contributed by atoms with Crippen molar-refractivity contribution < 1.29 is 9.59 Å². The van der Waals surface area contributed by atoms with E-state index in [1.54, 1.807) is 0 Å². The van der Waals surface area contributed by atoms with E-state index in [1.165, 1.54) is 0 Å². The van der Waals surface area contributed by atoms with Crippen LogP contribution in [-0.4, -0.2) is 29.7 Å². The van der Waals surface area contributed by atoms with Crippen LogP contribution in [0.2, 0.25) is 0 Å². The molecule has 0 atom stereocenters. The molecule has 1 heterocycles. The molecule has 1 aliphatic rings. The molecule has 4 nitrogen and oxygen atoms in total. The lowest BCUT2D eigenvalue weighted by Crippen LogP contribution is -2.38. The van der Waals surface area contributed by atoms with Crippen LogP contribution in [0.5, 0.6) is 0 Å². The fourth-order valence-electron chi connectivity index (χ4n) is 2.67. The van der Waals surface area contributed by atoms with Gasteiger partial charge in [0.05, 0.1) is 6.07 Å². The number of likely N-dealkylation sites (tertiary alicyclic amines) is 1. The lowest BCUT2D eigenvalue weighted by atomic mass is 9.90. The average molecular weight is 278 g/mol. The zero-order valence-corrected chi connectivity index (χ0v) is 12.7. The number of nitrogens with zero attached hydrogens (tertiary/aromatic N) is 2. The van der Waals surface area contributed by atoms with Crippen LogP contribution in [0.15, 0.2) is 0 Å². The highest BCUT2D eigenvalue weighted by Gasteiger charge is 2.22. The van der Waals surface area contributed by atoms with Crippen molar-refractivity contribution in [3.63, 3.8) is 0 Å². The standard InChI is InChI=1S/C16H26N2O2/c1-13(2)15(19)6-4-3-5-14-8-11-18(12-9-14)16(20)7-10-17/h13-14H,3-9,11-12H2,1-2H3. The summed E-state index contributed by atoms with van der Waals surface area (Å²) in [6.07, 6.45) is 6.04. The summed E-state index contributed by atoms with van der Waals surface area (Å²) in [5.74, 6) is 1.16. The van der Waals surface area contributed by atoms with Crippen molar-refractivity contribution in [2.24, 2.45) is 11.8 Å². The normalized spacial score (nSPS) is 16.2. The molecule has 20 heavy (non-hydrogen) atoms. The minimum Gasteiger partial charge on any atom is -0.342 e. The van der Waals surface area contributed by atoms with Gasteiger partial charge in [0.1, 0.15) is 12.2 Å². The molecular formula is C16H26N2O2. The second kappa shape index (κ2) is 8.73. The molecular weight excluding hydrogens is 252 g/mol. The van der Waals surface area contributed by atoms with E-state index in [-0.39, 0.29) is 18.2 Å². The first-order valence-corrected chi connectivity index (χ1v) is 7.72. The van der Waals surface area contributed by atoms with Crippen LogP contribution in [0.4, 0.5) is 0 Å². The molecule has 0 aromatic carbocycles. The summed E-state index contributed by atoms with van der Waals surface area (Å²) < 4.78 is 0. The summed E-state index contributed by atoms with van der Waals surface area (Å²) in [5.41, 5.74) is 0. The second-order valence-electron chi connectivity index (χ2n) is 6.03. The minimum absolute atomic E-state index is 0.00196. The van der Waals surface area contributed by atoms with Gasteiger partial charge in [-0.3, -0.25) is 9.59 Å². The van der Waals surface area contributed by atoms with E-state index in [0.29, 0.717) is 18.1 Å². The summed E-state index contributed by atoms with van der Waals surface area (Å²) >= 11 is 0. The van der Waals surface area contributed by atoms with Gasteiger partial charge in [-0.2, -0.15) is 5.26 Å². The Morgan fingerprint density at radius 2 is 1.90 bits per heavy atom. The molecule has 0 aliphatic carbocycles. The highest BCUT2D eigenvalue weighted by molar-refractivity contribution is 5.80. The van der Waals surface area contributed by atoms with Crippen molar-refractivity contribution >= 4 is 11.7 Å². The Bertz CT molecular complexity index is 363. The Morgan fingerprint density at radius 1 is 1.25 bits per heavy atom. The Morgan fingerprint density at radius 3 is 2.45 bits per heavy atom. The van der Waals surface area contributed by atoms with Gasteiger partial charge in [0.25, 0.3) is 0 Å². The number of amides is 1. The topological polar surface area (TPSA) is 61.2 Å². The maximum atomic E-state index is 11.6. The Kier molecular flexibility index (Phi) is 7.28. The molecule has 1 rings (SSSR count). The summed E-state index contributed by atoms with van der Waals surface area (Å²) in [4.78, 5) is 24.9. The molecule has 1 amide bonds. The van der Waals surface area contributed by atoms with Gasteiger partial charge in [0.2, 0.25) is 5.91 Å². The van der Waals surface area contributed by atoms with Gasteiger partial charge in [-0.25, -0.2) is 0 Å². The number of hydrogen-bond acceptors (Lipinski definition) is 3. The highest BCUT2D eigenvalue weighted by atomic mass is 16.2. The second-order valence-corrected chi connectivity index (χ2v) is 6.03. The number of unbranched alkanes of at least 4 members (excludes halogenated alkanes) is 1. The van der Waals surface area contributed by atoms with Crippen molar-refractivity contribution in [1.82, 2.24) is 4.90 Å². The van der Waals surface area contributed by atoms with Crippen molar-refractivity contribution in [3.8, 4) is 6.07 Å². The molecule has 0 spiro atoms. The SMILES string of the molecule is CC(C)C(=O)CCCCC1CCN(C(=O)CC#N)CC1. The lowest BCUT2D eigenvalue weighted by Gasteiger charge is -2.31. The average Bonchev–Trinajstić information content (AvgIpc) is 2.44. The third kappa shape index (κ3) is 5.73. The fourth-order valence-corrected chi connectivity index (χ4v) is 2.67. The molecule has 4 heteroatoms. The van der Waals surface area contributed by atoms with Gasteiger partial charge in [-0.15, -0.1) is 0 Å². The van der Waals surface area contributed by atoms with Crippen LogP contribution >= 0.6 is 0 Å². The molecule has 0 aromatic heterocycles. The van der Waals surface area contributed by atoms with Gasteiger partial charge >= 0.3 is 0 Å². The molecule has 1 fully saturated rings. The third-order valence-electron chi connectivity index (χ3n) is 4.13. The van der Waals surface area contributed by atoms with Crippen LogP contribution < -0.4 is 0 Å². The number of nitriles is 1. The number of carbonyl (C=O) groups excluding carboxylic acids is 2. The van der Waals surface area contributed by atoms with Gasteiger partial charge in [0.15, 0.2) is 0 Å². The van der Waals surface area contributed by atoms with Crippen LogP contribution in [0.1, 0.15) is 58.8 Å². The first-order chi connectivity index (χ1) is 9.54. The van der Waals surface area contributed by atoms with E-state index in [2.05, 4.69) is 0 Å². The van der Waals surface area contributed by atoms with Gasteiger partial charge < -0.3 is 4.90 Å². The highest BCUT2D eigenvalue weighted by Crippen LogP contribution is 2.23. The Hall–Kier alpha value is -1.37. The predicted octanol–water partition coefficient (Wildman–Crippen LogP) is 2.92. The number of rotatable bonds is 7. The zero-order chi connectivity index (χ0) is 15.0. The van der Waals surface area contributed by atoms with Crippen molar-refractivity contribution in [2.45, 2.75) is 58.8 Å². The lowest BCUT2D eigenvalue weighted by molar-refractivity contribution is -0.131. The zero-order valence-electron chi connectivity index (χ0n) is 12.7. The van der Waals surface area contributed by atoms with E-state index >= 15 is 0 Å². The molecule has 1 aliphatic heterocycles. The predicted molar refractivity (Wildman–Crippen MR) is 77.8 cm³/mol. The summed E-state index contributed by atoms with van der Waals surface area (Å²) in [6, 6.07) is 1.91. The monoisotopic (exact) mass is 278 g/mol. The molecule has 0 radical (unpaired) electrons. The Balaban J connectivity index is 2.12. The minimum atomic E-state index is -0.0338.